The number of ether oxygens (including phenoxy) is 2. The van der Waals surface area contributed by atoms with E-state index in [9.17, 15) is 0 Å². The lowest BCUT2D eigenvalue weighted by Crippen LogP contribution is -2.43. The van der Waals surface area contributed by atoms with Crippen molar-refractivity contribution < 1.29 is 9.47 Å². The summed E-state index contributed by atoms with van der Waals surface area (Å²) in [6, 6.07) is 1.82. The minimum absolute atomic E-state index is 0.345. The molecule has 0 amide bonds. The van der Waals surface area contributed by atoms with Crippen LogP contribution >= 0.6 is 0 Å². The number of nitrogens with zero attached hydrogens (tertiary/aromatic N) is 2. The van der Waals surface area contributed by atoms with Crippen LogP contribution in [0.5, 0.6) is 5.75 Å². The quantitative estimate of drug-likeness (QED) is 0.830. The summed E-state index contributed by atoms with van der Waals surface area (Å²) in [5.74, 6) is 1.62. The molecule has 0 aliphatic carbocycles. The molecule has 3 heterocycles. The van der Waals surface area contributed by atoms with Gasteiger partial charge in [0, 0.05) is 19.2 Å². The molecule has 0 radical (unpaired) electrons. The first-order valence-corrected chi connectivity index (χ1v) is 5.96. The molecule has 2 unspecified atom stereocenters. The molecule has 92 valence electrons. The molecule has 2 fully saturated rings. The van der Waals surface area contributed by atoms with Gasteiger partial charge in [0.2, 0.25) is 0 Å². The summed E-state index contributed by atoms with van der Waals surface area (Å²) in [7, 11) is 1.65. The van der Waals surface area contributed by atoms with Crippen LogP contribution in [0.3, 0.4) is 0 Å². The van der Waals surface area contributed by atoms with E-state index in [1.807, 2.05) is 6.07 Å². The number of aromatic nitrogens is 1. The normalized spacial score (nSPS) is 27.2. The molecular weight excluding hydrogens is 218 g/mol. The SMILES string of the molecule is COc1cc(N)cnc1N1CC2CCC(C1)O2. The fourth-order valence-corrected chi connectivity index (χ4v) is 2.63. The van der Waals surface area contributed by atoms with Gasteiger partial charge in [0.15, 0.2) is 11.6 Å². The second kappa shape index (κ2) is 4.07. The third-order valence-corrected chi connectivity index (χ3v) is 3.42. The van der Waals surface area contributed by atoms with Gasteiger partial charge >= 0.3 is 0 Å². The molecule has 0 aromatic carbocycles. The summed E-state index contributed by atoms with van der Waals surface area (Å²) >= 11 is 0. The Bertz CT molecular complexity index is 412. The second-order valence-corrected chi connectivity index (χ2v) is 4.66. The number of rotatable bonds is 2. The number of methoxy groups -OCH3 is 1. The van der Waals surface area contributed by atoms with Gasteiger partial charge < -0.3 is 20.1 Å². The third kappa shape index (κ3) is 1.91. The van der Waals surface area contributed by atoms with Gasteiger partial charge in [0.05, 0.1) is 31.2 Å². The van der Waals surface area contributed by atoms with Crippen LogP contribution in [-0.2, 0) is 4.74 Å². The highest BCUT2D eigenvalue weighted by molar-refractivity contribution is 5.58. The van der Waals surface area contributed by atoms with E-state index in [1.54, 1.807) is 13.3 Å². The van der Waals surface area contributed by atoms with E-state index < -0.39 is 0 Å². The predicted molar refractivity (Wildman–Crippen MR) is 65.3 cm³/mol. The minimum atomic E-state index is 0.345. The van der Waals surface area contributed by atoms with Crippen LogP contribution in [0, 0.1) is 0 Å². The number of morpholine rings is 1. The van der Waals surface area contributed by atoms with Gasteiger partial charge in [-0.25, -0.2) is 4.98 Å². The first-order chi connectivity index (χ1) is 8.26. The van der Waals surface area contributed by atoms with Crippen molar-refractivity contribution in [2.75, 3.05) is 30.8 Å². The van der Waals surface area contributed by atoms with E-state index in [0.717, 1.165) is 37.5 Å². The molecule has 0 spiro atoms. The number of anilines is 2. The Morgan fingerprint density at radius 1 is 1.41 bits per heavy atom. The standard InChI is InChI=1S/C12H17N3O2/c1-16-11-4-8(13)5-14-12(11)15-6-9-2-3-10(7-15)17-9/h4-5,9-10H,2-3,6-7,13H2,1H3. The topological polar surface area (TPSA) is 60.6 Å². The van der Waals surface area contributed by atoms with Crippen molar-refractivity contribution in [3.8, 4) is 5.75 Å². The van der Waals surface area contributed by atoms with E-state index in [4.69, 9.17) is 15.2 Å². The van der Waals surface area contributed by atoms with Crippen molar-refractivity contribution in [1.29, 1.82) is 0 Å². The van der Waals surface area contributed by atoms with Gasteiger partial charge in [-0.1, -0.05) is 0 Å². The van der Waals surface area contributed by atoms with Crippen LogP contribution in [-0.4, -0.2) is 37.4 Å². The lowest BCUT2D eigenvalue weighted by atomic mass is 10.2. The van der Waals surface area contributed by atoms with Crippen molar-refractivity contribution >= 4 is 11.5 Å². The average Bonchev–Trinajstić information content (AvgIpc) is 2.68. The number of pyridine rings is 1. The summed E-state index contributed by atoms with van der Waals surface area (Å²) in [5, 5.41) is 0. The Morgan fingerprint density at radius 3 is 2.76 bits per heavy atom. The molecule has 17 heavy (non-hydrogen) atoms. The van der Waals surface area contributed by atoms with Gasteiger partial charge in [-0.05, 0) is 12.8 Å². The zero-order valence-corrected chi connectivity index (χ0v) is 9.93. The highest BCUT2D eigenvalue weighted by Gasteiger charge is 2.35. The van der Waals surface area contributed by atoms with Crippen molar-refractivity contribution in [3.63, 3.8) is 0 Å². The fourth-order valence-electron chi connectivity index (χ4n) is 2.63. The highest BCUT2D eigenvalue weighted by Crippen LogP contribution is 2.33. The van der Waals surface area contributed by atoms with E-state index in [0.29, 0.717) is 17.9 Å². The van der Waals surface area contributed by atoms with Gasteiger partial charge in [0.25, 0.3) is 0 Å². The minimum Gasteiger partial charge on any atom is -0.493 e. The Morgan fingerprint density at radius 2 is 2.12 bits per heavy atom. The van der Waals surface area contributed by atoms with E-state index in [-0.39, 0.29) is 0 Å². The smallest absolute Gasteiger partial charge is 0.171 e. The Kier molecular flexibility index (Phi) is 2.55. The fraction of sp³-hybridized carbons (Fsp3) is 0.583. The Labute approximate surface area is 101 Å². The van der Waals surface area contributed by atoms with E-state index in [2.05, 4.69) is 9.88 Å². The van der Waals surface area contributed by atoms with Crippen molar-refractivity contribution in [3.05, 3.63) is 12.3 Å². The number of hydrogen-bond acceptors (Lipinski definition) is 5. The number of nitrogens with two attached hydrogens (primary N) is 1. The summed E-state index contributed by atoms with van der Waals surface area (Å²) in [4.78, 5) is 6.63. The maximum atomic E-state index is 5.81. The van der Waals surface area contributed by atoms with Crippen LogP contribution in [0.25, 0.3) is 0 Å². The van der Waals surface area contributed by atoms with Gasteiger partial charge in [-0.3, -0.25) is 0 Å². The summed E-state index contributed by atoms with van der Waals surface area (Å²) in [5.41, 5.74) is 6.34. The first kappa shape index (κ1) is 10.7. The van der Waals surface area contributed by atoms with Crippen molar-refractivity contribution in [1.82, 2.24) is 4.98 Å². The molecule has 1 aromatic rings. The van der Waals surface area contributed by atoms with Gasteiger partial charge in [-0.15, -0.1) is 0 Å². The molecule has 1 aromatic heterocycles. The van der Waals surface area contributed by atoms with Gasteiger partial charge in [-0.2, -0.15) is 0 Å². The number of hydrogen-bond donors (Lipinski definition) is 1. The molecule has 2 bridgehead atoms. The third-order valence-electron chi connectivity index (χ3n) is 3.42. The molecular formula is C12H17N3O2. The van der Waals surface area contributed by atoms with Crippen LogP contribution in [0.15, 0.2) is 12.3 Å². The summed E-state index contributed by atoms with van der Waals surface area (Å²) in [6.07, 6.45) is 4.67. The maximum absolute atomic E-state index is 5.81. The maximum Gasteiger partial charge on any atom is 0.171 e. The predicted octanol–water partition coefficient (Wildman–Crippen LogP) is 1.04. The molecule has 2 N–H and O–H groups in total. The van der Waals surface area contributed by atoms with E-state index >= 15 is 0 Å². The van der Waals surface area contributed by atoms with Crippen LogP contribution < -0.4 is 15.4 Å². The number of nitrogen functional groups attached to an aromatic ring is 1. The summed E-state index contributed by atoms with van der Waals surface area (Å²) in [6.45, 7) is 1.79. The largest absolute Gasteiger partial charge is 0.493 e. The Balaban J connectivity index is 1.88. The lowest BCUT2D eigenvalue weighted by molar-refractivity contribution is 0.0301. The lowest BCUT2D eigenvalue weighted by Gasteiger charge is -2.33. The monoisotopic (exact) mass is 235 g/mol. The zero-order valence-electron chi connectivity index (χ0n) is 9.93. The van der Waals surface area contributed by atoms with Crippen LogP contribution in [0.1, 0.15) is 12.8 Å². The molecule has 3 rings (SSSR count). The van der Waals surface area contributed by atoms with Crippen molar-refractivity contribution in [2.45, 2.75) is 25.0 Å². The van der Waals surface area contributed by atoms with Crippen LogP contribution in [0.4, 0.5) is 11.5 Å². The highest BCUT2D eigenvalue weighted by atomic mass is 16.5. The second-order valence-electron chi connectivity index (χ2n) is 4.66. The molecule has 2 aliphatic heterocycles. The number of fused-ring (bicyclic) bond motifs is 2. The Hall–Kier alpha value is -1.49. The van der Waals surface area contributed by atoms with Crippen molar-refractivity contribution in [2.24, 2.45) is 0 Å². The molecule has 5 heteroatoms. The van der Waals surface area contributed by atoms with Crippen LogP contribution in [0.2, 0.25) is 0 Å². The molecule has 2 atom stereocenters. The molecule has 2 saturated heterocycles. The molecule has 0 saturated carbocycles. The summed E-state index contributed by atoms with van der Waals surface area (Å²) < 4.78 is 11.2. The molecule has 2 aliphatic rings. The average molecular weight is 235 g/mol. The molecule has 5 nitrogen and oxygen atoms in total. The first-order valence-electron chi connectivity index (χ1n) is 5.96. The zero-order chi connectivity index (χ0) is 11.8. The van der Waals surface area contributed by atoms with Gasteiger partial charge in [0.1, 0.15) is 0 Å². The van der Waals surface area contributed by atoms with E-state index in [1.165, 1.54) is 0 Å².